The van der Waals surface area contributed by atoms with E-state index in [1.165, 1.54) is 6.08 Å². The Kier molecular flexibility index (Phi) is 3.70. The molecule has 2 aliphatic carbocycles. The van der Waals surface area contributed by atoms with Crippen LogP contribution in [0.25, 0.3) is 0 Å². The molecule has 0 spiro atoms. The number of rotatable bonds is 1. The molecule has 0 heterocycles. The number of halogens is 4. The van der Waals surface area contributed by atoms with Crippen LogP contribution < -0.4 is 0 Å². The first-order valence-corrected chi connectivity index (χ1v) is 6.17. The van der Waals surface area contributed by atoms with Gasteiger partial charge in [-0.1, -0.05) is 12.2 Å². The second-order valence-corrected chi connectivity index (χ2v) is 5.26. The van der Waals surface area contributed by atoms with Gasteiger partial charge in [-0.3, -0.25) is 0 Å². The van der Waals surface area contributed by atoms with Crippen LogP contribution in [0.2, 0.25) is 0 Å². The third-order valence-electron chi connectivity index (χ3n) is 2.95. The third kappa shape index (κ3) is 2.49. The van der Waals surface area contributed by atoms with Crippen molar-refractivity contribution in [3.63, 3.8) is 0 Å². The summed E-state index contributed by atoms with van der Waals surface area (Å²) in [5.41, 5.74) is 0.425. The van der Waals surface area contributed by atoms with Crippen LogP contribution in [0, 0.1) is 5.92 Å². The van der Waals surface area contributed by atoms with Gasteiger partial charge in [0.25, 0.3) is 0 Å². The average Bonchev–Trinajstić information content (AvgIpc) is 2.19. The number of hydrogen-bond acceptors (Lipinski definition) is 0. The minimum Gasteiger partial charge on any atom is -0.211 e. The van der Waals surface area contributed by atoms with Gasteiger partial charge in [0.05, 0.1) is 10.8 Å². The van der Waals surface area contributed by atoms with Crippen LogP contribution in [-0.2, 0) is 0 Å². The van der Waals surface area contributed by atoms with E-state index in [1.54, 1.807) is 12.2 Å². The van der Waals surface area contributed by atoms with E-state index < -0.39 is 5.92 Å². The predicted octanol–water partition coefficient (Wildman–Crippen LogP) is 4.65. The summed E-state index contributed by atoms with van der Waals surface area (Å²) in [6.45, 7) is 0. The van der Waals surface area contributed by atoms with Crippen molar-refractivity contribution in [3.05, 3.63) is 35.5 Å². The van der Waals surface area contributed by atoms with Gasteiger partial charge < -0.3 is 0 Å². The van der Waals surface area contributed by atoms with Gasteiger partial charge in [0, 0.05) is 12.3 Å². The van der Waals surface area contributed by atoms with Crippen LogP contribution in [0.4, 0.5) is 8.78 Å². The average molecular weight is 265 g/mol. The van der Waals surface area contributed by atoms with Gasteiger partial charge in [-0.25, -0.2) is 8.78 Å². The summed E-state index contributed by atoms with van der Waals surface area (Å²) < 4.78 is 27.3. The Labute approximate surface area is 104 Å². The second kappa shape index (κ2) is 4.89. The minimum absolute atomic E-state index is 0.154. The fourth-order valence-electron chi connectivity index (χ4n) is 2.10. The van der Waals surface area contributed by atoms with Crippen molar-refractivity contribution in [2.45, 2.75) is 30.0 Å². The molecule has 0 aliphatic heterocycles. The van der Waals surface area contributed by atoms with E-state index in [2.05, 4.69) is 0 Å². The lowest BCUT2D eigenvalue weighted by Gasteiger charge is -2.25. The zero-order valence-electron chi connectivity index (χ0n) is 8.60. The van der Waals surface area contributed by atoms with E-state index in [0.717, 1.165) is 0 Å². The van der Waals surface area contributed by atoms with Crippen molar-refractivity contribution in [2.75, 3.05) is 0 Å². The standard InChI is InChI=1S/C12H12Cl2F2/c13-7-1-3-9(11(15)5-7)10-4-2-8(14)6-12(10)16/h1,3,6-8,10H,2,4-5H2. The Hall–Kier alpha value is -0.340. The van der Waals surface area contributed by atoms with E-state index in [0.29, 0.717) is 18.4 Å². The molecule has 0 fully saturated rings. The lowest BCUT2D eigenvalue weighted by atomic mass is 9.85. The maximum Gasteiger partial charge on any atom is 0.106 e. The molecule has 88 valence electrons. The maximum atomic E-state index is 13.7. The SMILES string of the molecule is FC1=CC(Cl)CCC1C1=C(F)CC(Cl)C=C1. The second-order valence-electron chi connectivity index (χ2n) is 4.14. The molecule has 0 aromatic carbocycles. The Bertz CT molecular complexity index is 371. The third-order valence-corrected chi connectivity index (χ3v) is 3.60. The molecule has 0 bridgehead atoms. The Morgan fingerprint density at radius 3 is 2.50 bits per heavy atom. The molecule has 0 radical (unpaired) electrons. The summed E-state index contributed by atoms with van der Waals surface area (Å²) in [6, 6.07) is 0. The molecule has 0 aromatic rings. The largest absolute Gasteiger partial charge is 0.211 e. The summed E-state index contributed by atoms with van der Waals surface area (Å²) >= 11 is 11.6. The minimum atomic E-state index is -0.476. The molecule has 0 saturated heterocycles. The van der Waals surface area contributed by atoms with Gasteiger partial charge in [0.15, 0.2) is 0 Å². The molecule has 0 nitrogen and oxygen atoms in total. The van der Waals surface area contributed by atoms with Gasteiger partial charge >= 0.3 is 0 Å². The highest BCUT2D eigenvalue weighted by Crippen LogP contribution is 2.38. The van der Waals surface area contributed by atoms with E-state index >= 15 is 0 Å². The van der Waals surface area contributed by atoms with Gasteiger partial charge in [0.2, 0.25) is 0 Å². The summed E-state index contributed by atoms with van der Waals surface area (Å²) in [5, 5.41) is -0.589. The van der Waals surface area contributed by atoms with Crippen molar-refractivity contribution >= 4 is 23.2 Å². The van der Waals surface area contributed by atoms with E-state index in [9.17, 15) is 8.78 Å². The van der Waals surface area contributed by atoms with Crippen LogP contribution in [-0.4, -0.2) is 10.8 Å². The summed E-state index contributed by atoms with van der Waals surface area (Å²) in [5.74, 6) is -1.10. The smallest absolute Gasteiger partial charge is 0.106 e. The highest BCUT2D eigenvalue weighted by molar-refractivity contribution is 6.22. The fraction of sp³-hybridized carbons (Fsp3) is 0.500. The highest BCUT2D eigenvalue weighted by atomic mass is 35.5. The summed E-state index contributed by atoms with van der Waals surface area (Å²) in [7, 11) is 0. The Morgan fingerprint density at radius 2 is 1.88 bits per heavy atom. The van der Waals surface area contributed by atoms with Gasteiger partial charge in [-0.2, -0.15) is 0 Å². The first kappa shape index (κ1) is 12.1. The molecule has 3 atom stereocenters. The molecular weight excluding hydrogens is 253 g/mol. The number of alkyl halides is 2. The highest BCUT2D eigenvalue weighted by Gasteiger charge is 2.28. The molecule has 0 aromatic heterocycles. The van der Waals surface area contributed by atoms with Crippen molar-refractivity contribution in [3.8, 4) is 0 Å². The molecule has 16 heavy (non-hydrogen) atoms. The molecular formula is C12H12Cl2F2. The van der Waals surface area contributed by atoms with Crippen LogP contribution in [0.1, 0.15) is 19.3 Å². The maximum absolute atomic E-state index is 13.7. The lowest BCUT2D eigenvalue weighted by Crippen LogP contribution is -2.16. The normalized spacial score (nSPS) is 35.2. The Morgan fingerprint density at radius 1 is 1.12 bits per heavy atom. The van der Waals surface area contributed by atoms with E-state index in [1.807, 2.05) is 0 Å². The molecule has 0 N–H and O–H groups in total. The fourth-order valence-corrected chi connectivity index (χ4v) is 2.56. The van der Waals surface area contributed by atoms with E-state index in [-0.39, 0.29) is 28.8 Å². The monoisotopic (exact) mass is 264 g/mol. The van der Waals surface area contributed by atoms with Crippen LogP contribution >= 0.6 is 23.2 Å². The van der Waals surface area contributed by atoms with Gasteiger partial charge in [-0.05, 0) is 24.5 Å². The van der Waals surface area contributed by atoms with Crippen LogP contribution in [0.15, 0.2) is 35.5 Å². The molecule has 0 saturated carbocycles. The summed E-state index contributed by atoms with van der Waals surface area (Å²) in [4.78, 5) is 0. The zero-order valence-corrected chi connectivity index (χ0v) is 10.1. The topological polar surface area (TPSA) is 0 Å². The molecule has 2 rings (SSSR count). The van der Waals surface area contributed by atoms with Crippen LogP contribution in [0.5, 0.6) is 0 Å². The van der Waals surface area contributed by atoms with Crippen molar-refractivity contribution < 1.29 is 8.78 Å². The van der Waals surface area contributed by atoms with Crippen molar-refractivity contribution in [1.29, 1.82) is 0 Å². The lowest BCUT2D eigenvalue weighted by molar-refractivity contribution is 0.437. The molecule has 4 heteroatoms. The van der Waals surface area contributed by atoms with E-state index in [4.69, 9.17) is 23.2 Å². The Balaban J connectivity index is 2.23. The predicted molar refractivity (Wildman–Crippen MR) is 63.1 cm³/mol. The van der Waals surface area contributed by atoms with Crippen molar-refractivity contribution in [2.24, 2.45) is 5.92 Å². The quantitative estimate of drug-likeness (QED) is 0.605. The molecule has 0 amide bonds. The molecule has 2 aliphatic rings. The van der Waals surface area contributed by atoms with Gasteiger partial charge in [0.1, 0.15) is 11.7 Å². The van der Waals surface area contributed by atoms with Gasteiger partial charge in [-0.15, -0.1) is 23.2 Å². The van der Waals surface area contributed by atoms with Crippen LogP contribution in [0.3, 0.4) is 0 Å². The molecule has 3 unspecified atom stereocenters. The summed E-state index contributed by atoms with van der Waals surface area (Å²) in [6.07, 6.45) is 6.06. The van der Waals surface area contributed by atoms with Crippen molar-refractivity contribution in [1.82, 2.24) is 0 Å². The number of hydrogen-bond donors (Lipinski definition) is 0. The number of allylic oxidation sites excluding steroid dienone is 6. The first-order chi connectivity index (χ1) is 7.58. The first-order valence-electron chi connectivity index (χ1n) is 5.30. The zero-order chi connectivity index (χ0) is 11.7.